The van der Waals surface area contributed by atoms with Crippen molar-refractivity contribution in [2.75, 3.05) is 5.32 Å². The van der Waals surface area contributed by atoms with Crippen LogP contribution in [0.5, 0.6) is 0 Å². The molecule has 1 heterocycles. The van der Waals surface area contributed by atoms with Gasteiger partial charge in [-0.3, -0.25) is 15.1 Å². The largest absolute Gasteiger partial charge is 0.331 e. The Morgan fingerprint density at radius 2 is 1.87 bits per heavy atom. The SMILES string of the molecule is Cc1cccc(C(=O)NC(=S)Nc2cccc3cccnc23)c1. The lowest BCUT2D eigenvalue weighted by Crippen LogP contribution is -2.34. The van der Waals surface area contributed by atoms with Crippen LogP contribution in [-0.4, -0.2) is 16.0 Å². The van der Waals surface area contributed by atoms with Crippen molar-refractivity contribution in [1.29, 1.82) is 0 Å². The van der Waals surface area contributed by atoms with Gasteiger partial charge < -0.3 is 5.32 Å². The quantitative estimate of drug-likeness (QED) is 0.707. The number of aromatic nitrogens is 1. The monoisotopic (exact) mass is 321 g/mol. The summed E-state index contributed by atoms with van der Waals surface area (Å²) in [5.41, 5.74) is 3.17. The molecule has 114 valence electrons. The van der Waals surface area contributed by atoms with Gasteiger partial charge in [0.25, 0.3) is 5.91 Å². The third kappa shape index (κ3) is 3.52. The summed E-state index contributed by atoms with van der Waals surface area (Å²) in [7, 11) is 0. The summed E-state index contributed by atoms with van der Waals surface area (Å²) in [6.07, 6.45) is 1.72. The smallest absolute Gasteiger partial charge is 0.257 e. The molecule has 0 radical (unpaired) electrons. The highest BCUT2D eigenvalue weighted by Crippen LogP contribution is 2.20. The molecule has 0 unspecified atom stereocenters. The normalized spacial score (nSPS) is 10.3. The van der Waals surface area contributed by atoms with Crippen LogP contribution in [0.1, 0.15) is 15.9 Å². The van der Waals surface area contributed by atoms with Gasteiger partial charge in [0.05, 0.1) is 11.2 Å². The molecular weight excluding hydrogens is 306 g/mol. The maximum absolute atomic E-state index is 12.2. The minimum absolute atomic E-state index is 0.237. The van der Waals surface area contributed by atoms with E-state index in [0.29, 0.717) is 5.56 Å². The van der Waals surface area contributed by atoms with Gasteiger partial charge >= 0.3 is 0 Å². The number of hydrogen-bond donors (Lipinski definition) is 2. The maximum Gasteiger partial charge on any atom is 0.257 e. The van der Waals surface area contributed by atoms with Crippen LogP contribution in [0.15, 0.2) is 60.8 Å². The molecule has 0 saturated heterocycles. The molecule has 0 aliphatic heterocycles. The van der Waals surface area contributed by atoms with Crippen molar-refractivity contribution in [2.45, 2.75) is 6.92 Å². The van der Waals surface area contributed by atoms with Crippen LogP contribution in [0.3, 0.4) is 0 Å². The summed E-state index contributed by atoms with van der Waals surface area (Å²) >= 11 is 5.24. The van der Waals surface area contributed by atoms with Gasteiger partial charge in [-0.2, -0.15) is 0 Å². The first kappa shape index (κ1) is 15.1. The molecule has 3 rings (SSSR count). The first-order chi connectivity index (χ1) is 11.1. The van der Waals surface area contributed by atoms with E-state index in [4.69, 9.17) is 12.2 Å². The topological polar surface area (TPSA) is 54.0 Å². The molecule has 0 fully saturated rings. The number of benzene rings is 2. The number of nitrogens with zero attached hydrogens (tertiary/aromatic N) is 1. The summed E-state index contributed by atoms with van der Waals surface area (Å²) in [6.45, 7) is 1.94. The van der Waals surface area contributed by atoms with E-state index in [-0.39, 0.29) is 11.0 Å². The summed E-state index contributed by atoms with van der Waals surface area (Å²) < 4.78 is 0. The lowest BCUT2D eigenvalue weighted by atomic mass is 10.1. The Morgan fingerprint density at radius 3 is 2.70 bits per heavy atom. The van der Waals surface area contributed by atoms with Crippen LogP contribution in [0, 0.1) is 6.92 Å². The van der Waals surface area contributed by atoms with Crippen molar-refractivity contribution >= 4 is 39.8 Å². The van der Waals surface area contributed by atoms with Crippen LogP contribution in [-0.2, 0) is 0 Å². The maximum atomic E-state index is 12.2. The number of nitrogens with one attached hydrogen (secondary N) is 2. The molecular formula is C18H15N3OS. The Kier molecular flexibility index (Phi) is 4.30. The summed E-state index contributed by atoms with van der Waals surface area (Å²) in [5.74, 6) is -0.237. The number of rotatable bonds is 2. The number of hydrogen-bond acceptors (Lipinski definition) is 3. The van der Waals surface area contributed by atoms with Gasteiger partial charge in [0.2, 0.25) is 0 Å². The lowest BCUT2D eigenvalue weighted by Gasteiger charge is -2.11. The van der Waals surface area contributed by atoms with Crippen LogP contribution in [0.2, 0.25) is 0 Å². The number of carbonyl (C=O) groups is 1. The second-order valence-electron chi connectivity index (χ2n) is 5.16. The Labute approximate surface area is 139 Å². The number of thiocarbonyl (C=S) groups is 1. The predicted molar refractivity (Wildman–Crippen MR) is 96.6 cm³/mol. The summed E-state index contributed by atoms with van der Waals surface area (Å²) in [4.78, 5) is 16.6. The highest BCUT2D eigenvalue weighted by molar-refractivity contribution is 7.80. The standard InChI is InChI=1S/C18H15N3OS/c1-12-5-2-7-14(11-12)17(22)21-18(23)20-15-9-3-6-13-8-4-10-19-16(13)15/h2-11H,1H3,(H2,20,21,22,23). The zero-order chi connectivity index (χ0) is 16.2. The van der Waals surface area contributed by atoms with Gasteiger partial charge in [-0.1, -0.05) is 35.9 Å². The average Bonchev–Trinajstić information content (AvgIpc) is 2.55. The van der Waals surface area contributed by atoms with Crippen molar-refractivity contribution in [1.82, 2.24) is 10.3 Å². The third-order valence-corrected chi connectivity index (χ3v) is 3.59. The minimum atomic E-state index is -0.237. The number of pyridine rings is 1. The van der Waals surface area contributed by atoms with Gasteiger partial charge in [0.15, 0.2) is 5.11 Å². The Balaban J connectivity index is 1.75. The molecule has 0 bridgehead atoms. The Bertz CT molecular complexity index is 887. The average molecular weight is 321 g/mol. The number of amides is 1. The van der Waals surface area contributed by atoms with Gasteiger partial charge in [-0.25, -0.2) is 0 Å². The molecule has 0 atom stereocenters. The van der Waals surface area contributed by atoms with E-state index in [1.54, 1.807) is 12.3 Å². The van der Waals surface area contributed by atoms with E-state index in [9.17, 15) is 4.79 Å². The van der Waals surface area contributed by atoms with Crippen LogP contribution in [0.4, 0.5) is 5.69 Å². The zero-order valence-electron chi connectivity index (χ0n) is 12.5. The molecule has 0 spiro atoms. The number of fused-ring (bicyclic) bond motifs is 1. The van der Waals surface area contributed by atoms with Gasteiger partial charge in [0, 0.05) is 17.1 Å². The van der Waals surface area contributed by atoms with Crippen LogP contribution in [0.25, 0.3) is 10.9 Å². The van der Waals surface area contributed by atoms with Gasteiger partial charge in [0.1, 0.15) is 0 Å². The van der Waals surface area contributed by atoms with E-state index in [0.717, 1.165) is 22.2 Å². The molecule has 2 N–H and O–H groups in total. The number of anilines is 1. The van der Waals surface area contributed by atoms with E-state index < -0.39 is 0 Å². The van der Waals surface area contributed by atoms with Crippen LogP contribution >= 0.6 is 12.2 Å². The second-order valence-corrected chi connectivity index (χ2v) is 5.57. The highest BCUT2D eigenvalue weighted by atomic mass is 32.1. The number of carbonyl (C=O) groups excluding carboxylic acids is 1. The minimum Gasteiger partial charge on any atom is -0.331 e. The third-order valence-electron chi connectivity index (χ3n) is 3.39. The van der Waals surface area contributed by atoms with Crippen molar-refractivity contribution in [3.63, 3.8) is 0 Å². The van der Waals surface area contributed by atoms with Crippen molar-refractivity contribution < 1.29 is 4.79 Å². The van der Waals surface area contributed by atoms with E-state index in [1.807, 2.05) is 55.5 Å². The Hall–Kier alpha value is -2.79. The number of para-hydroxylation sites is 1. The zero-order valence-corrected chi connectivity index (χ0v) is 13.4. The van der Waals surface area contributed by atoms with Crippen LogP contribution < -0.4 is 10.6 Å². The predicted octanol–water partition coefficient (Wildman–Crippen LogP) is 3.67. The molecule has 5 heteroatoms. The van der Waals surface area contributed by atoms with E-state index in [2.05, 4.69) is 15.6 Å². The molecule has 0 aliphatic carbocycles. The second kappa shape index (κ2) is 6.54. The van der Waals surface area contributed by atoms with E-state index in [1.165, 1.54) is 0 Å². The molecule has 1 amide bonds. The van der Waals surface area contributed by atoms with Crippen molar-refractivity contribution in [3.8, 4) is 0 Å². The Morgan fingerprint density at radius 1 is 1.09 bits per heavy atom. The van der Waals surface area contributed by atoms with Gasteiger partial charge in [-0.15, -0.1) is 0 Å². The molecule has 1 aromatic heterocycles. The molecule has 4 nitrogen and oxygen atoms in total. The first-order valence-electron chi connectivity index (χ1n) is 7.16. The van der Waals surface area contributed by atoms with Crippen molar-refractivity contribution in [2.24, 2.45) is 0 Å². The summed E-state index contributed by atoms with van der Waals surface area (Å²) in [6, 6.07) is 17.0. The first-order valence-corrected chi connectivity index (χ1v) is 7.57. The fourth-order valence-electron chi connectivity index (χ4n) is 2.32. The molecule has 3 aromatic rings. The van der Waals surface area contributed by atoms with Crippen molar-refractivity contribution in [3.05, 3.63) is 71.9 Å². The van der Waals surface area contributed by atoms with Gasteiger partial charge in [-0.05, 0) is 43.4 Å². The molecule has 0 saturated carbocycles. The van der Waals surface area contributed by atoms with E-state index >= 15 is 0 Å². The number of aryl methyl sites for hydroxylation is 1. The lowest BCUT2D eigenvalue weighted by molar-refractivity contribution is 0.0977. The molecule has 2 aromatic carbocycles. The fraction of sp³-hybridized carbons (Fsp3) is 0.0556. The highest BCUT2D eigenvalue weighted by Gasteiger charge is 2.09. The fourth-order valence-corrected chi connectivity index (χ4v) is 2.52. The molecule has 0 aliphatic rings. The summed E-state index contributed by atoms with van der Waals surface area (Å²) in [5, 5.41) is 6.98. The molecule has 23 heavy (non-hydrogen) atoms.